The first-order valence-corrected chi connectivity index (χ1v) is 12.0. The van der Waals surface area contributed by atoms with Gasteiger partial charge >= 0.3 is 0 Å². The largest absolute Gasteiger partial charge is 0.366 e. The van der Waals surface area contributed by atoms with Crippen LogP contribution in [0.15, 0.2) is 36.4 Å². The Labute approximate surface area is 194 Å². The van der Waals surface area contributed by atoms with Gasteiger partial charge in [-0.25, -0.2) is 9.37 Å². The van der Waals surface area contributed by atoms with Crippen molar-refractivity contribution in [2.24, 2.45) is 0 Å². The summed E-state index contributed by atoms with van der Waals surface area (Å²) in [5.41, 5.74) is 1.28. The minimum absolute atomic E-state index is 0.0158. The maximum Gasteiger partial charge on any atom is 0.293 e. The van der Waals surface area contributed by atoms with Crippen molar-refractivity contribution in [2.45, 2.75) is 19.3 Å². The van der Waals surface area contributed by atoms with Crippen molar-refractivity contribution in [1.82, 2.24) is 9.88 Å². The summed E-state index contributed by atoms with van der Waals surface area (Å²) in [5, 5.41) is 12.5. The summed E-state index contributed by atoms with van der Waals surface area (Å²) < 4.78 is 14.8. The fourth-order valence-electron chi connectivity index (χ4n) is 4.53. The molecule has 3 aromatic rings. The van der Waals surface area contributed by atoms with E-state index in [4.69, 9.17) is 0 Å². The zero-order valence-corrected chi connectivity index (χ0v) is 18.9. The molecule has 5 rings (SSSR count). The van der Waals surface area contributed by atoms with Crippen LogP contribution in [0.3, 0.4) is 0 Å². The number of carbonyl (C=O) groups excluding carboxylic acids is 1. The second-order valence-corrected chi connectivity index (χ2v) is 9.38. The van der Waals surface area contributed by atoms with E-state index in [1.54, 1.807) is 23.1 Å². The van der Waals surface area contributed by atoms with Gasteiger partial charge in [0.1, 0.15) is 17.0 Å². The lowest BCUT2D eigenvalue weighted by molar-refractivity contribution is -0.384. The fraction of sp³-hybridized carbons (Fsp3) is 0.391. The molecule has 0 saturated carbocycles. The van der Waals surface area contributed by atoms with Crippen LogP contribution in [0.5, 0.6) is 0 Å². The normalized spacial score (nSPS) is 16.9. The number of hydrogen-bond acceptors (Lipinski definition) is 7. The molecule has 2 fully saturated rings. The Morgan fingerprint density at radius 1 is 1.00 bits per heavy atom. The van der Waals surface area contributed by atoms with E-state index in [9.17, 15) is 19.3 Å². The van der Waals surface area contributed by atoms with Gasteiger partial charge in [-0.1, -0.05) is 17.4 Å². The Balaban J connectivity index is 1.29. The molecule has 33 heavy (non-hydrogen) atoms. The van der Waals surface area contributed by atoms with Gasteiger partial charge in [-0.3, -0.25) is 14.9 Å². The minimum Gasteiger partial charge on any atom is -0.366 e. The van der Waals surface area contributed by atoms with Crippen LogP contribution in [0.2, 0.25) is 0 Å². The van der Waals surface area contributed by atoms with Gasteiger partial charge in [0.15, 0.2) is 5.13 Å². The number of thiazole rings is 1. The topological polar surface area (TPSA) is 82.8 Å². The number of piperazine rings is 1. The van der Waals surface area contributed by atoms with Crippen LogP contribution in [-0.2, 0) is 0 Å². The lowest BCUT2D eigenvalue weighted by Crippen LogP contribution is -2.48. The minimum atomic E-state index is -0.398. The first-order chi connectivity index (χ1) is 16.0. The van der Waals surface area contributed by atoms with Crippen LogP contribution in [0.1, 0.15) is 29.6 Å². The molecule has 3 heterocycles. The molecule has 0 atom stereocenters. The van der Waals surface area contributed by atoms with Crippen molar-refractivity contribution in [3.05, 3.63) is 57.9 Å². The summed E-state index contributed by atoms with van der Waals surface area (Å²) >= 11 is 1.44. The van der Waals surface area contributed by atoms with Gasteiger partial charge in [-0.15, -0.1) is 0 Å². The predicted molar refractivity (Wildman–Crippen MR) is 127 cm³/mol. The van der Waals surface area contributed by atoms with Gasteiger partial charge in [0, 0.05) is 50.9 Å². The van der Waals surface area contributed by atoms with Gasteiger partial charge in [0.05, 0.1) is 9.62 Å². The number of para-hydroxylation sites is 1. The molecule has 1 amide bonds. The van der Waals surface area contributed by atoms with E-state index >= 15 is 0 Å². The number of carbonyl (C=O) groups is 1. The van der Waals surface area contributed by atoms with Crippen LogP contribution in [-0.4, -0.2) is 60.0 Å². The number of amides is 1. The number of piperidine rings is 1. The fourth-order valence-corrected chi connectivity index (χ4v) is 5.56. The Hall–Kier alpha value is -3.27. The van der Waals surface area contributed by atoms with Crippen LogP contribution in [0, 0.1) is 15.9 Å². The monoisotopic (exact) mass is 469 g/mol. The molecule has 10 heteroatoms. The summed E-state index contributed by atoms with van der Waals surface area (Å²) in [6.45, 7) is 3.68. The molecular formula is C23H24FN5O3S. The molecular weight excluding hydrogens is 445 g/mol. The van der Waals surface area contributed by atoms with Crippen LogP contribution in [0.25, 0.3) is 10.2 Å². The Kier molecular flexibility index (Phi) is 5.84. The molecule has 0 bridgehead atoms. The predicted octanol–water partition coefficient (Wildman–Crippen LogP) is 4.30. The van der Waals surface area contributed by atoms with Crippen LogP contribution in [0.4, 0.5) is 20.9 Å². The molecule has 0 aliphatic carbocycles. The molecule has 0 unspecified atom stereocenters. The first-order valence-electron chi connectivity index (χ1n) is 11.1. The highest BCUT2D eigenvalue weighted by molar-refractivity contribution is 7.22. The Bertz CT molecular complexity index is 1200. The molecule has 2 aliphatic rings. The average molecular weight is 470 g/mol. The van der Waals surface area contributed by atoms with E-state index in [0.29, 0.717) is 42.9 Å². The summed E-state index contributed by atoms with van der Waals surface area (Å²) in [4.78, 5) is 34.7. The van der Waals surface area contributed by atoms with E-state index in [1.165, 1.54) is 23.5 Å². The van der Waals surface area contributed by atoms with Crippen molar-refractivity contribution in [2.75, 3.05) is 49.1 Å². The van der Waals surface area contributed by atoms with Crippen molar-refractivity contribution >= 4 is 44.0 Å². The Morgan fingerprint density at radius 3 is 2.45 bits per heavy atom. The van der Waals surface area contributed by atoms with Crippen molar-refractivity contribution in [3.8, 4) is 0 Å². The third-order valence-corrected chi connectivity index (χ3v) is 7.39. The first kappa shape index (κ1) is 21.6. The van der Waals surface area contributed by atoms with Gasteiger partial charge in [0.25, 0.3) is 11.6 Å². The van der Waals surface area contributed by atoms with E-state index < -0.39 is 4.92 Å². The van der Waals surface area contributed by atoms with Gasteiger partial charge in [-0.05, 0) is 43.5 Å². The van der Waals surface area contributed by atoms with Crippen molar-refractivity contribution in [1.29, 1.82) is 0 Å². The number of nitrogens with zero attached hydrogens (tertiary/aromatic N) is 5. The van der Waals surface area contributed by atoms with Crippen molar-refractivity contribution < 1.29 is 14.1 Å². The lowest BCUT2D eigenvalue weighted by Gasteiger charge is -2.34. The summed E-state index contributed by atoms with van der Waals surface area (Å²) in [6, 6.07) is 9.74. The molecule has 0 spiro atoms. The molecule has 0 N–H and O–H groups in total. The number of halogens is 1. The van der Waals surface area contributed by atoms with E-state index in [2.05, 4.69) is 9.88 Å². The molecule has 8 nitrogen and oxygen atoms in total. The highest BCUT2D eigenvalue weighted by atomic mass is 32.1. The summed E-state index contributed by atoms with van der Waals surface area (Å²) in [7, 11) is 0. The van der Waals surface area contributed by atoms with Crippen LogP contribution < -0.4 is 9.80 Å². The summed E-state index contributed by atoms with van der Waals surface area (Å²) in [5.74, 6) is -0.545. The van der Waals surface area contributed by atoms with Gasteiger partial charge in [-0.2, -0.15) is 0 Å². The standard InChI is InChI=1S/C23H24FN5O3S/c24-17-5-4-6-20-21(17)25-23(33-20)28-13-11-27(12-14-28)22(30)16-7-8-18(19(15-16)29(31)32)26-9-2-1-3-10-26/h4-8,15H,1-3,9-14H2. The maximum absolute atomic E-state index is 14.0. The quantitative estimate of drug-likeness (QED) is 0.419. The van der Waals surface area contributed by atoms with Gasteiger partial charge in [0.2, 0.25) is 0 Å². The number of fused-ring (bicyclic) bond motifs is 1. The smallest absolute Gasteiger partial charge is 0.293 e. The van der Waals surface area contributed by atoms with E-state index in [1.807, 2.05) is 11.0 Å². The SMILES string of the molecule is O=C(c1ccc(N2CCCCC2)c([N+](=O)[O-])c1)N1CCN(c2nc3c(F)cccc3s2)CC1. The third-order valence-electron chi connectivity index (χ3n) is 6.31. The zero-order chi connectivity index (χ0) is 22.9. The number of aromatic nitrogens is 1. The van der Waals surface area contributed by atoms with E-state index in [-0.39, 0.29) is 17.4 Å². The number of hydrogen-bond donors (Lipinski definition) is 0. The third kappa shape index (κ3) is 4.22. The Morgan fingerprint density at radius 2 is 1.76 bits per heavy atom. The molecule has 2 aliphatic heterocycles. The summed E-state index contributed by atoms with van der Waals surface area (Å²) in [6.07, 6.45) is 3.17. The zero-order valence-electron chi connectivity index (χ0n) is 18.1. The lowest BCUT2D eigenvalue weighted by atomic mass is 10.1. The highest BCUT2D eigenvalue weighted by Gasteiger charge is 2.27. The number of anilines is 2. The van der Waals surface area contributed by atoms with Crippen LogP contribution >= 0.6 is 11.3 Å². The molecule has 2 aromatic carbocycles. The maximum atomic E-state index is 14.0. The number of nitro benzene ring substituents is 1. The number of rotatable bonds is 4. The second kappa shape index (κ2) is 8.93. The van der Waals surface area contributed by atoms with Crippen molar-refractivity contribution in [3.63, 3.8) is 0 Å². The molecule has 1 aromatic heterocycles. The molecule has 172 valence electrons. The second-order valence-electron chi connectivity index (χ2n) is 8.37. The average Bonchev–Trinajstić information content (AvgIpc) is 3.30. The molecule has 0 radical (unpaired) electrons. The van der Waals surface area contributed by atoms with E-state index in [0.717, 1.165) is 42.2 Å². The number of nitro groups is 1. The highest BCUT2D eigenvalue weighted by Crippen LogP contribution is 2.33. The van der Waals surface area contributed by atoms with Gasteiger partial charge < -0.3 is 14.7 Å². The molecule has 2 saturated heterocycles. The number of benzene rings is 2.